The van der Waals surface area contributed by atoms with Gasteiger partial charge in [0.2, 0.25) is 0 Å². The summed E-state index contributed by atoms with van der Waals surface area (Å²) in [6, 6.07) is 13.8. The first kappa shape index (κ1) is 30.7. The second-order valence-corrected chi connectivity index (χ2v) is 10.0. The van der Waals surface area contributed by atoms with E-state index in [1.54, 1.807) is 24.3 Å². The number of esters is 1. The van der Waals surface area contributed by atoms with Crippen molar-refractivity contribution in [1.82, 2.24) is 4.90 Å². The Kier molecular flexibility index (Phi) is 9.20. The normalized spacial score (nSPS) is 18.0. The zero-order chi connectivity index (χ0) is 29.9. The highest BCUT2D eigenvalue weighted by Crippen LogP contribution is 2.37. The van der Waals surface area contributed by atoms with Gasteiger partial charge in [0.25, 0.3) is 5.91 Å². The van der Waals surface area contributed by atoms with E-state index in [4.69, 9.17) is 32.7 Å². The van der Waals surface area contributed by atoms with Crippen LogP contribution >= 0.6 is 23.2 Å². The van der Waals surface area contributed by atoms with Crippen molar-refractivity contribution in [2.45, 2.75) is 37.5 Å². The number of hydrogen-bond donors (Lipinski definition) is 0. The lowest BCUT2D eigenvalue weighted by Gasteiger charge is -2.38. The molecule has 0 saturated carbocycles. The zero-order valence-corrected chi connectivity index (χ0v) is 22.4. The molecule has 4 rings (SSSR count). The van der Waals surface area contributed by atoms with Gasteiger partial charge in [-0.1, -0.05) is 47.5 Å². The Hall–Kier alpha value is -3.28. The third kappa shape index (κ3) is 7.72. The highest BCUT2D eigenvalue weighted by atomic mass is 35.5. The molecule has 3 aromatic rings. The minimum absolute atomic E-state index is 0.0209. The van der Waals surface area contributed by atoms with E-state index < -0.39 is 54.1 Å². The highest BCUT2D eigenvalue weighted by Gasteiger charge is 2.39. The lowest BCUT2D eigenvalue weighted by molar-refractivity contribution is -0.165. The Morgan fingerprint density at radius 2 is 1.54 bits per heavy atom. The van der Waals surface area contributed by atoms with Gasteiger partial charge in [-0.15, -0.1) is 0 Å². The van der Waals surface area contributed by atoms with Crippen LogP contribution in [0.3, 0.4) is 0 Å². The first-order chi connectivity index (χ1) is 19.2. The quantitative estimate of drug-likeness (QED) is 0.200. The third-order valence-corrected chi connectivity index (χ3v) is 7.00. The number of nitrogens with zero attached hydrogens (tertiary/aromatic N) is 1. The Labute approximate surface area is 240 Å². The second kappa shape index (κ2) is 12.3. The summed E-state index contributed by atoms with van der Waals surface area (Å²) in [6.45, 7) is -1.00. The van der Waals surface area contributed by atoms with Crippen LogP contribution < -0.4 is 0 Å². The van der Waals surface area contributed by atoms with Crippen molar-refractivity contribution in [2.24, 2.45) is 0 Å². The Balaban J connectivity index is 1.59. The van der Waals surface area contributed by atoms with Gasteiger partial charge in [0.15, 0.2) is 0 Å². The number of alkyl halides is 6. The van der Waals surface area contributed by atoms with Gasteiger partial charge in [-0.2, -0.15) is 26.3 Å². The van der Waals surface area contributed by atoms with Crippen molar-refractivity contribution in [3.63, 3.8) is 0 Å². The summed E-state index contributed by atoms with van der Waals surface area (Å²) < 4.78 is 91.6. The molecule has 1 fully saturated rings. The van der Waals surface area contributed by atoms with Crippen LogP contribution in [0.2, 0.25) is 10.0 Å². The fraction of sp³-hybridized carbons (Fsp3) is 0.286. The molecular formula is C28H21Cl2F6NO4. The lowest BCUT2D eigenvalue weighted by atomic mass is 10.0. The number of carbonyl (C=O) groups is 2. The summed E-state index contributed by atoms with van der Waals surface area (Å²) in [5, 5.41) is 0.421. The summed E-state index contributed by atoms with van der Waals surface area (Å²) in [7, 11) is 0. The molecule has 0 radical (unpaired) electrons. The first-order valence-electron chi connectivity index (χ1n) is 12.1. The van der Waals surface area contributed by atoms with Crippen LogP contribution in [0.15, 0.2) is 66.7 Å². The average Bonchev–Trinajstić information content (AvgIpc) is 2.91. The molecule has 1 heterocycles. The summed E-state index contributed by atoms with van der Waals surface area (Å²) in [5.41, 5.74) is -2.60. The highest BCUT2D eigenvalue weighted by molar-refractivity contribution is 6.42. The van der Waals surface area contributed by atoms with E-state index in [0.29, 0.717) is 17.7 Å². The predicted molar refractivity (Wildman–Crippen MR) is 137 cm³/mol. The van der Waals surface area contributed by atoms with E-state index in [9.17, 15) is 35.9 Å². The van der Waals surface area contributed by atoms with Crippen LogP contribution in [0.5, 0.6) is 0 Å². The SMILES string of the molecule is O=C(OCCC1OC(c2ccc(Cl)c(Cl)c2)CN(Cc2cc(C(F)(F)F)cc(C(F)(F)F)c2)C1=O)c1ccccc1. The second-order valence-electron chi connectivity index (χ2n) is 9.21. The molecule has 1 amide bonds. The third-order valence-electron chi connectivity index (χ3n) is 6.26. The molecule has 1 aliphatic rings. The molecular weight excluding hydrogens is 599 g/mol. The molecule has 5 nitrogen and oxygen atoms in total. The molecule has 3 aromatic carbocycles. The van der Waals surface area contributed by atoms with E-state index in [2.05, 4.69) is 0 Å². The van der Waals surface area contributed by atoms with Gasteiger partial charge in [0.1, 0.15) is 12.2 Å². The zero-order valence-electron chi connectivity index (χ0n) is 20.9. The molecule has 2 unspecified atom stereocenters. The van der Waals surface area contributed by atoms with Gasteiger partial charge in [-0.25, -0.2) is 4.79 Å². The van der Waals surface area contributed by atoms with Crippen molar-refractivity contribution < 1.29 is 45.4 Å². The van der Waals surface area contributed by atoms with Crippen LogP contribution in [0.1, 0.15) is 45.1 Å². The van der Waals surface area contributed by atoms with Crippen LogP contribution in [0, 0.1) is 0 Å². The van der Waals surface area contributed by atoms with E-state index in [1.807, 2.05) is 0 Å². The molecule has 0 N–H and O–H groups in total. The number of halogens is 8. The van der Waals surface area contributed by atoms with Gasteiger partial charge in [-0.3, -0.25) is 4.79 Å². The first-order valence-corrected chi connectivity index (χ1v) is 12.9. The molecule has 0 aliphatic carbocycles. The van der Waals surface area contributed by atoms with Crippen LogP contribution in [-0.2, 0) is 33.2 Å². The van der Waals surface area contributed by atoms with Gasteiger partial charge >= 0.3 is 18.3 Å². The maximum Gasteiger partial charge on any atom is 0.416 e. The van der Waals surface area contributed by atoms with Crippen molar-refractivity contribution in [2.75, 3.05) is 13.2 Å². The van der Waals surface area contributed by atoms with Crippen molar-refractivity contribution in [3.05, 3.63) is 105 Å². The predicted octanol–water partition coefficient (Wildman–Crippen LogP) is 7.75. The number of benzene rings is 3. The number of carbonyl (C=O) groups excluding carboxylic acids is 2. The van der Waals surface area contributed by atoms with E-state index in [0.717, 1.165) is 4.90 Å². The number of rotatable bonds is 7. The van der Waals surface area contributed by atoms with Gasteiger partial charge in [-0.05, 0) is 53.6 Å². The van der Waals surface area contributed by atoms with E-state index >= 15 is 0 Å². The van der Waals surface area contributed by atoms with E-state index in [-0.39, 0.29) is 46.8 Å². The molecule has 1 saturated heterocycles. The fourth-order valence-corrected chi connectivity index (χ4v) is 4.58. The Morgan fingerprint density at radius 3 is 2.12 bits per heavy atom. The standard InChI is InChI=1S/C28H21Cl2F6NO4/c29-21-7-6-18(12-22(21)30)24-15-37(14-16-10-19(27(31,32)33)13-20(11-16)28(34,35)36)25(38)23(41-24)8-9-40-26(39)17-4-2-1-3-5-17/h1-7,10-13,23-24H,8-9,14-15H2. The number of amides is 1. The minimum Gasteiger partial charge on any atom is -0.462 e. The summed E-state index contributed by atoms with van der Waals surface area (Å²) in [4.78, 5) is 26.7. The Morgan fingerprint density at radius 1 is 0.902 bits per heavy atom. The van der Waals surface area contributed by atoms with Crippen LogP contribution in [0.25, 0.3) is 0 Å². The summed E-state index contributed by atoms with van der Waals surface area (Å²) in [5.74, 6) is -1.33. The Bertz CT molecular complexity index is 1380. The topological polar surface area (TPSA) is 55.8 Å². The molecule has 2 atom stereocenters. The molecule has 41 heavy (non-hydrogen) atoms. The fourth-order valence-electron chi connectivity index (χ4n) is 4.27. The lowest BCUT2D eigenvalue weighted by Crippen LogP contribution is -2.48. The smallest absolute Gasteiger partial charge is 0.416 e. The van der Waals surface area contributed by atoms with Crippen molar-refractivity contribution in [1.29, 1.82) is 0 Å². The van der Waals surface area contributed by atoms with Gasteiger partial charge < -0.3 is 14.4 Å². The molecule has 1 aliphatic heterocycles. The van der Waals surface area contributed by atoms with Crippen molar-refractivity contribution >= 4 is 35.1 Å². The number of ether oxygens (including phenoxy) is 2. The molecule has 0 aromatic heterocycles. The van der Waals surface area contributed by atoms with Gasteiger partial charge in [0.05, 0.1) is 39.9 Å². The van der Waals surface area contributed by atoms with Gasteiger partial charge in [0, 0.05) is 13.0 Å². The molecule has 0 bridgehead atoms. The monoisotopic (exact) mass is 619 g/mol. The summed E-state index contributed by atoms with van der Waals surface area (Å²) in [6.07, 6.45) is -12.3. The van der Waals surface area contributed by atoms with Crippen molar-refractivity contribution in [3.8, 4) is 0 Å². The maximum absolute atomic E-state index is 13.4. The molecule has 0 spiro atoms. The van der Waals surface area contributed by atoms with Crippen LogP contribution in [0.4, 0.5) is 26.3 Å². The average molecular weight is 620 g/mol. The number of hydrogen-bond acceptors (Lipinski definition) is 4. The number of morpholine rings is 1. The molecule has 218 valence electrons. The minimum atomic E-state index is -5.04. The maximum atomic E-state index is 13.4. The molecule has 13 heteroatoms. The summed E-state index contributed by atoms with van der Waals surface area (Å²) >= 11 is 12.1. The largest absolute Gasteiger partial charge is 0.462 e. The van der Waals surface area contributed by atoms with E-state index in [1.165, 1.54) is 24.3 Å². The van der Waals surface area contributed by atoms with Crippen LogP contribution in [-0.4, -0.2) is 36.0 Å².